The zero-order valence-electron chi connectivity index (χ0n) is 13.2. The molecule has 0 spiro atoms. The minimum Gasteiger partial charge on any atom is -0.467 e. The molecule has 2 aromatic carbocycles. The van der Waals surface area contributed by atoms with E-state index in [-0.39, 0.29) is 0 Å². The molecule has 0 aliphatic heterocycles. The predicted octanol–water partition coefficient (Wildman–Crippen LogP) is 2.74. The Hall–Kier alpha value is -2.17. The number of carbonyl (C=O) groups is 1. The second-order valence-corrected chi connectivity index (χ2v) is 5.33. The summed E-state index contributed by atoms with van der Waals surface area (Å²) in [6.07, 6.45) is -0.642. The Morgan fingerprint density at radius 1 is 1.00 bits per heavy atom. The van der Waals surface area contributed by atoms with E-state index in [1.54, 1.807) is 0 Å². The van der Waals surface area contributed by atoms with Crippen LogP contribution in [0.5, 0.6) is 0 Å². The van der Waals surface area contributed by atoms with E-state index in [2.05, 4.69) is 4.74 Å². The number of hydrogen-bond donors (Lipinski definition) is 1. The van der Waals surface area contributed by atoms with Crippen LogP contribution in [-0.4, -0.2) is 30.4 Å². The van der Waals surface area contributed by atoms with Gasteiger partial charge in [0.05, 0.1) is 19.8 Å². The molecular formula is C19H22O4. The third-order valence-electron chi connectivity index (χ3n) is 3.66. The van der Waals surface area contributed by atoms with E-state index < -0.39 is 18.2 Å². The van der Waals surface area contributed by atoms with Gasteiger partial charge in [-0.3, -0.25) is 0 Å². The summed E-state index contributed by atoms with van der Waals surface area (Å²) in [6.45, 7) is 0.342. The minimum absolute atomic E-state index is 0.342. The van der Waals surface area contributed by atoms with Gasteiger partial charge in [-0.05, 0) is 24.0 Å². The summed E-state index contributed by atoms with van der Waals surface area (Å²) in [7, 11) is 1.26. The van der Waals surface area contributed by atoms with Crippen molar-refractivity contribution in [1.29, 1.82) is 0 Å². The normalized spacial score (nSPS) is 13.3. The van der Waals surface area contributed by atoms with Gasteiger partial charge in [-0.2, -0.15) is 0 Å². The molecule has 0 fully saturated rings. The van der Waals surface area contributed by atoms with Crippen LogP contribution >= 0.6 is 0 Å². The molecule has 0 unspecified atom stereocenters. The van der Waals surface area contributed by atoms with E-state index >= 15 is 0 Å². The number of carbonyl (C=O) groups excluding carboxylic acids is 1. The van der Waals surface area contributed by atoms with Crippen LogP contribution in [0.25, 0.3) is 0 Å². The fourth-order valence-corrected chi connectivity index (χ4v) is 2.34. The van der Waals surface area contributed by atoms with Gasteiger partial charge in [0.1, 0.15) is 0 Å². The Kier molecular flexibility index (Phi) is 6.78. The molecule has 2 rings (SSSR count). The lowest BCUT2D eigenvalue weighted by Gasteiger charge is -2.22. The number of ether oxygens (including phenoxy) is 2. The van der Waals surface area contributed by atoms with Crippen LogP contribution < -0.4 is 0 Å². The van der Waals surface area contributed by atoms with E-state index in [4.69, 9.17) is 4.74 Å². The van der Waals surface area contributed by atoms with Crippen molar-refractivity contribution in [3.8, 4) is 0 Å². The number of methoxy groups -OCH3 is 1. The molecule has 0 saturated carbocycles. The predicted molar refractivity (Wildman–Crippen MR) is 87.8 cm³/mol. The van der Waals surface area contributed by atoms with Crippen molar-refractivity contribution in [2.45, 2.75) is 31.7 Å². The highest BCUT2D eigenvalue weighted by Crippen LogP contribution is 2.14. The molecule has 0 bridgehead atoms. The number of rotatable bonds is 8. The molecule has 0 aliphatic rings. The molecule has 122 valence electrons. The van der Waals surface area contributed by atoms with Gasteiger partial charge in [-0.15, -0.1) is 0 Å². The Bertz CT molecular complexity index is 539. The van der Waals surface area contributed by atoms with Gasteiger partial charge < -0.3 is 14.6 Å². The summed E-state index contributed by atoms with van der Waals surface area (Å²) < 4.78 is 10.4. The number of aliphatic hydroxyl groups is 1. The summed E-state index contributed by atoms with van der Waals surface area (Å²) in [4.78, 5) is 11.6. The average Bonchev–Trinajstić information content (AvgIpc) is 2.62. The van der Waals surface area contributed by atoms with Crippen molar-refractivity contribution in [2.24, 2.45) is 0 Å². The van der Waals surface area contributed by atoms with Crippen molar-refractivity contribution in [1.82, 2.24) is 0 Å². The first kappa shape index (κ1) is 17.2. The zero-order valence-corrected chi connectivity index (χ0v) is 13.2. The monoisotopic (exact) mass is 314 g/mol. The lowest BCUT2D eigenvalue weighted by atomic mass is 10.0. The topological polar surface area (TPSA) is 55.8 Å². The molecule has 0 heterocycles. The van der Waals surface area contributed by atoms with E-state index in [1.807, 2.05) is 60.7 Å². The zero-order chi connectivity index (χ0) is 16.5. The Morgan fingerprint density at radius 3 is 2.13 bits per heavy atom. The van der Waals surface area contributed by atoms with Gasteiger partial charge in [0, 0.05) is 0 Å². The molecule has 2 atom stereocenters. The number of benzene rings is 2. The highest BCUT2D eigenvalue weighted by atomic mass is 16.5. The van der Waals surface area contributed by atoms with Crippen LogP contribution in [-0.2, 0) is 27.3 Å². The highest BCUT2D eigenvalue weighted by molar-refractivity contribution is 5.74. The van der Waals surface area contributed by atoms with Gasteiger partial charge in [-0.25, -0.2) is 4.79 Å². The largest absolute Gasteiger partial charge is 0.467 e. The highest BCUT2D eigenvalue weighted by Gasteiger charge is 2.27. The first-order chi connectivity index (χ1) is 11.2. The molecule has 0 saturated heterocycles. The summed E-state index contributed by atoms with van der Waals surface area (Å²) in [6, 6.07) is 19.6. The number of hydrogen-bond acceptors (Lipinski definition) is 4. The number of aliphatic hydroxyl groups excluding tert-OH is 1. The maximum atomic E-state index is 11.6. The minimum atomic E-state index is -1.28. The van der Waals surface area contributed by atoms with Gasteiger partial charge >= 0.3 is 5.97 Å². The van der Waals surface area contributed by atoms with Crippen molar-refractivity contribution in [3.63, 3.8) is 0 Å². The molecule has 2 aromatic rings. The third kappa shape index (κ3) is 5.51. The van der Waals surface area contributed by atoms with Gasteiger partial charge in [0.25, 0.3) is 0 Å². The molecule has 0 radical (unpaired) electrons. The quantitative estimate of drug-likeness (QED) is 0.761. The Labute approximate surface area is 136 Å². The van der Waals surface area contributed by atoms with Crippen LogP contribution in [0.1, 0.15) is 17.5 Å². The Balaban J connectivity index is 1.97. The lowest BCUT2D eigenvalue weighted by molar-refractivity contribution is -0.160. The second kappa shape index (κ2) is 9.08. The van der Waals surface area contributed by atoms with Crippen LogP contribution in [0.2, 0.25) is 0 Å². The van der Waals surface area contributed by atoms with Crippen LogP contribution in [0, 0.1) is 0 Å². The van der Waals surface area contributed by atoms with Crippen molar-refractivity contribution < 1.29 is 19.4 Å². The smallest absolute Gasteiger partial charge is 0.337 e. The number of esters is 1. The summed E-state index contributed by atoms with van der Waals surface area (Å²) in [5, 5.41) is 10.1. The van der Waals surface area contributed by atoms with Crippen molar-refractivity contribution >= 4 is 5.97 Å². The SMILES string of the molecule is COC(=O)[C@@H](O)[C@@H](CCc1ccccc1)OCc1ccccc1. The summed E-state index contributed by atoms with van der Waals surface area (Å²) >= 11 is 0. The fraction of sp³-hybridized carbons (Fsp3) is 0.316. The molecule has 4 heteroatoms. The number of aryl methyl sites for hydroxylation is 1. The average molecular weight is 314 g/mol. The van der Waals surface area contributed by atoms with Crippen molar-refractivity contribution in [2.75, 3.05) is 7.11 Å². The van der Waals surface area contributed by atoms with Crippen LogP contribution in [0.3, 0.4) is 0 Å². The van der Waals surface area contributed by atoms with Gasteiger partial charge in [-0.1, -0.05) is 60.7 Å². The fourth-order valence-electron chi connectivity index (χ4n) is 2.34. The molecule has 4 nitrogen and oxygen atoms in total. The summed E-state index contributed by atoms with van der Waals surface area (Å²) in [5.41, 5.74) is 2.13. The molecular weight excluding hydrogens is 292 g/mol. The van der Waals surface area contributed by atoms with Crippen LogP contribution in [0.4, 0.5) is 0 Å². The molecule has 1 N–H and O–H groups in total. The maximum absolute atomic E-state index is 11.6. The van der Waals surface area contributed by atoms with Gasteiger partial charge in [0.15, 0.2) is 6.10 Å². The second-order valence-electron chi connectivity index (χ2n) is 5.33. The van der Waals surface area contributed by atoms with E-state index in [1.165, 1.54) is 7.11 Å². The lowest BCUT2D eigenvalue weighted by Crippen LogP contribution is -2.37. The van der Waals surface area contributed by atoms with E-state index in [0.717, 1.165) is 11.1 Å². The Morgan fingerprint density at radius 2 is 1.57 bits per heavy atom. The van der Waals surface area contributed by atoms with E-state index in [9.17, 15) is 9.90 Å². The third-order valence-corrected chi connectivity index (χ3v) is 3.66. The molecule has 0 amide bonds. The first-order valence-electron chi connectivity index (χ1n) is 7.66. The van der Waals surface area contributed by atoms with Gasteiger partial charge in [0.2, 0.25) is 0 Å². The molecule has 0 aliphatic carbocycles. The molecule has 23 heavy (non-hydrogen) atoms. The first-order valence-corrected chi connectivity index (χ1v) is 7.66. The van der Waals surface area contributed by atoms with Crippen LogP contribution in [0.15, 0.2) is 60.7 Å². The summed E-state index contributed by atoms with van der Waals surface area (Å²) in [5.74, 6) is -0.670. The van der Waals surface area contributed by atoms with E-state index in [0.29, 0.717) is 19.4 Å². The standard InChI is InChI=1S/C19H22O4/c1-22-19(21)18(20)17(13-12-15-8-4-2-5-9-15)23-14-16-10-6-3-7-11-16/h2-11,17-18,20H,12-14H2,1H3/t17-,18+/m1/s1. The van der Waals surface area contributed by atoms with Crippen molar-refractivity contribution in [3.05, 3.63) is 71.8 Å². The maximum Gasteiger partial charge on any atom is 0.337 e. The molecule has 0 aromatic heterocycles.